The lowest BCUT2D eigenvalue weighted by Gasteiger charge is -2.04. The molecular formula is C21H40O3. The molecule has 3 nitrogen and oxygen atoms in total. The Hall–Kier alpha value is -0.860. The van der Waals surface area contributed by atoms with Crippen LogP contribution in [0.5, 0.6) is 0 Å². The fourth-order valence-corrected chi connectivity index (χ4v) is 2.91. The number of carbonyl (C=O) groups is 2. The van der Waals surface area contributed by atoms with Gasteiger partial charge in [-0.1, -0.05) is 84.0 Å². The van der Waals surface area contributed by atoms with Gasteiger partial charge in [0, 0.05) is 12.8 Å². The van der Waals surface area contributed by atoms with E-state index in [1.807, 2.05) is 6.92 Å². The summed E-state index contributed by atoms with van der Waals surface area (Å²) in [4.78, 5) is 21.3. The number of unbranched alkanes of at least 4 members (excludes halogenated alkanes) is 14. The zero-order valence-electron chi connectivity index (χ0n) is 16.0. The minimum Gasteiger partial charge on any atom is -0.466 e. The minimum atomic E-state index is -0.0431. The van der Waals surface area contributed by atoms with Crippen molar-refractivity contribution in [3.05, 3.63) is 0 Å². The lowest BCUT2D eigenvalue weighted by atomic mass is 10.0. The van der Waals surface area contributed by atoms with Crippen LogP contribution in [0, 0.1) is 0 Å². The summed E-state index contributed by atoms with van der Waals surface area (Å²) >= 11 is 0. The second-order valence-corrected chi connectivity index (χ2v) is 6.88. The Balaban J connectivity index is 3.02. The average molecular weight is 341 g/mol. The molecule has 0 atom stereocenters. The summed E-state index contributed by atoms with van der Waals surface area (Å²) in [7, 11) is 0. The molecule has 0 rings (SSSR count). The molecule has 0 N–H and O–H groups in total. The molecule has 0 fully saturated rings. The molecule has 0 unspecified atom stereocenters. The molecule has 0 radical (unpaired) electrons. The molecule has 24 heavy (non-hydrogen) atoms. The summed E-state index contributed by atoms with van der Waals surface area (Å²) in [6.45, 7) is 2.60. The predicted octanol–water partition coefficient (Wildman–Crippen LogP) is 6.38. The van der Waals surface area contributed by atoms with Crippen LogP contribution < -0.4 is 0 Å². The monoisotopic (exact) mass is 340 g/mol. The van der Waals surface area contributed by atoms with E-state index in [4.69, 9.17) is 4.74 Å². The fourth-order valence-electron chi connectivity index (χ4n) is 2.91. The van der Waals surface area contributed by atoms with Crippen molar-refractivity contribution < 1.29 is 14.3 Å². The molecule has 0 heterocycles. The van der Waals surface area contributed by atoms with Gasteiger partial charge in [0.1, 0.15) is 6.29 Å². The smallest absolute Gasteiger partial charge is 0.305 e. The Kier molecular flexibility index (Phi) is 19.5. The number of hydrogen-bond acceptors (Lipinski definition) is 3. The van der Waals surface area contributed by atoms with Crippen LogP contribution in [-0.2, 0) is 14.3 Å². The molecule has 0 aliphatic carbocycles. The molecule has 3 heteroatoms. The standard InChI is InChI=1S/C21H40O3/c1-2-18-21(23)24-20-17-15-13-11-9-7-5-3-4-6-8-10-12-14-16-19-22/h19H,2-18,20H2,1H3. The molecule has 0 aliphatic rings. The molecule has 142 valence electrons. The van der Waals surface area contributed by atoms with Crippen LogP contribution >= 0.6 is 0 Å². The Morgan fingerprint density at radius 1 is 0.708 bits per heavy atom. The lowest BCUT2D eigenvalue weighted by Crippen LogP contribution is -2.04. The van der Waals surface area contributed by atoms with E-state index in [-0.39, 0.29) is 5.97 Å². The van der Waals surface area contributed by atoms with Crippen molar-refractivity contribution >= 4 is 12.3 Å². The van der Waals surface area contributed by atoms with Gasteiger partial charge in [0.05, 0.1) is 6.61 Å². The fraction of sp³-hybridized carbons (Fsp3) is 0.905. The van der Waals surface area contributed by atoms with Crippen molar-refractivity contribution in [2.24, 2.45) is 0 Å². The lowest BCUT2D eigenvalue weighted by molar-refractivity contribution is -0.143. The van der Waals surface area contributed by atoms with E-state index in [9.17, 15) is 9.59 Å². The van der Waals surface area contributed by atoms with E-state index in [1.165, 1.54) is 77.0 Å². The maximum atomic E-state index is 11.2. The highest BCUT2D eigenvalue weighted by molar-refractivity contribution is 5.69. The van der Waals surface area contributed by atoms with E-state index >= 15 is 0 Å². The highest BCUT2D eigenvalue weighted by Crippen LogP contribution is 2.13. The summed E-state index contributed by atoms with van der Waals surface area (Å²) in [6, 6.07) is 0. The van der Waals surface area contributed by atoms with E-state index in [0.29, 0.717) is 13.0 Å². The van der Waals surface area contributed by atoms with Gasteiger partial charge in [-0.05, 0) is 19.3 Å². The van der Waals surface area contributed by atoms with E-state index in [0.717, 1.165) is 32.0 Å². The van der Waals surface area contributed by atoms with Crippen LogP contribution in [0.15, 0.2) is 0 Å². The van der Waals surface area contributed by atoms with Crippen LogP contribution in [-0.4, -0.2) is 18.9 Å². The van der Waals surface area contributed by atoms with Gasteiger partial charge in [-0.25, -0.2) is 0 Å². The number of esters is 1. The second kappa shape index (κ2) is 20.2. The van der Waals surface area contributed by atoms with Crippen molar-refractivity contribution in [3.8, 4) is 0 Å². The number of hydrogen-bond donors (Lipinski definition) is 0. The molecule has 0 spiro atoms. The zero-order valence-corrected chi connectivity index (χ0v) is 16.0. The first kappa shape index (κ1) is 23.1. The van der Waals surface area contributed by atoms with Crippen molar-refractivity contribution in [2.75, 3.05) is 6.61 Å². The number of aldehydes is 1. The van der Waals surface area contributed by atoms with Gasteiger partial charge in [-0.2, -0.15) is 0 Å². The third-order valence-electron chi connectivity index (χ3n) is 4.43. The van der Waals surface area contributed by atoms with E-state index in [2.05, 4.69) is 0 Å². The summed E-state index contributed by atoms with van der Waals surface area (Å²) in [5.41, 5.74) is 0. The largest absolute Gasteiger partial charge is 0.466 e. The Morgan fingerprint density at radius 2 is 1.12 bits per heavy atom. The van der Waals surface area contributed by atoms with Gasteiger partial charge in [0.15, 0.2) is 0 Å². The Labute approximate surface area is 149 Å². The summed E-state index contributed by atoms with van der Waals surface area (Å²) in [6.07, 6.45) is 21.1. The summed E-state index contributed by atoms with van der Waals surface area (Å²) in [5, 5.41) is 0. The average Bonchev–Trinajstić information content (AvgIpc) is 2.58. The van der Waals surface area contributed by atoms with Gasteiger partial charge in [-0.3, -0.25) is 4.79 Å². The molecule has 0 saturated heterocycles. The van der Waals surface area contributed by atoms with Gasteiger partial charge in [-0.15, -0.1) is 0 Å². The van der Waals surface area contributed by atoms with Crippen molar-refractivity contribution in [1.82, 2.24) is 0 Å². The van der Waals surface area contributed by atoms with Gasteiger partial charge >= 0.3 is 5.97 Å². The predicted molar refractivity (Wildman–Crippen MR) is 101 cm³/mol. The van der Waals surface area contributed by atoms with Crippen LogP contribution in [0.25, 0.3) is 0 Å². The number of rotatable bonds is 19. The first-order valence-corrected chi connectivity index (χ1v) is 10.4. The van der Waals surface area contributed by atoms with Gasteiger partial charge in [0.2, 0.25) is 0 Å². The highest BCUT2D eigenvalue weighted by Gasteiger charge is 1.99. The van der Waals surface area contributed by atoms with Crippen LogP contribution in [0.1, 0.15) is 116 Å². The molecule has 0 bridgehead atoms. The molecule has 0 saturated carbocycles. The maximum Gasteiger partial charge on any atom is 0.305 e. The molecule has 0 aromatic heterocycles. The number of carbonyl (C=O) groups excluding carboxylic acids is 2. The molecule has 0 aliphatic heterocycles. The SMILES string of the molecule is CCCC(=O)OCCCCCCCCCCCCCCCCC=O. The summed E-state index contributed by atoms with van der Waals surface area (Å²) < 4.78 is 5.15. The highest BCUT2D eigenvalue weighted by atomic mass is 16.5. The Bertz CT molecular complexity index is 276. The molecule has 0 amide bonds. The maximum absolute atomic E-state index is 11.2. The van der Waals surface area contributed by atoms with Gasteiger partial charge in [0.25, 0.3) is 0 Å². The third-order valence-corrected chi connectivity index (χ3v) is 4.43. The zero-order chi connectivity index (χ0) is 17.7. The van der Waals surface area contributed by atoms with Crippen molar-refractivity contribution in [1.29, 1.82) is 0 Å². The third kappa shape index (κ3) is 19.2. The normalized spacial score (nSPS) is 10.7. The first-order valence-electron chi connectivity index (χ1n) is 10.4. The molecule has 0 aromatic carbocycles. The van der Waals surface area contributed by atoms with Crippen LogP contribution in [0.3, 0.4) is 0 Å². The second-order valence-electron chi connectivity index (χ2n) is 6.88. The first-order chi connectivity index (χ1) is 11.8. The molecule has 0 aromatic rings. The quantitative estimate of drug-likeness (QED) is 0.156. The van der Waals surface area contributed by atoms with E-state index < -0.39 is 0 Å². The van der Waals surface area contributed by atoms with Crippen molar-refractivity contribution in [2.45, 2.75) is 116 Å². The number of ether oxygens (including phenoxy) is 1. The summed E-state index contributed by atoms with van der Waals surface area (Å²) in [5.74, 6) is -0.0431. The van der Waals surface area contributed by atoms with Crippen LogP contribution in [0.4, 0.5) is 0 Å². The van der Waals surface area contributed by atoms with E-state index in [1.54, 1.807) is 0 Å². The van der Waals surface area contributed by atoms with Crippen LogP contribution in [0.2, 0.25) is 0 Å². The minimum absolute atomic E-state index is 0.0431. The van der Waals surface area contributed by atoms with Crippen molar-refractivity contribution in [3.63, 3.8) is 0 Å². The topological polar surface area (TPSA) is 43.4 Å². The molecular weight excluding hydrogens is 300 g/mol. The van der Waals surface area contributed by atoms with Gasteiger partial charge < -0.3 is 9.53 Å². The Morgan fingerprint density at radius 3 is 1.54 bits per heavy atom.